The summed E-state index contributed by atoms with van der Waals surface area (Å²) in [5, 5.41) is 0. The highest BCUT2D eigenvalue weighted by molar-refractivity contribution is 7.85. The van der Waals surface area contributed by atoms with Crippen LogP contribution in [0, 0.1) is 5.92 Å². The maximum atomic E-state index is 10.9. The zero-order valence-electron chi connectivity index (χ0n) is 10.4. The molecule has 0 aromatic heterocycles. The Balaban J connectivity index is 4.60. The molecule has 92 valence electrons. The van der Waals surface area contributed by atoms with E-state index in [1.54, 1.807) is 0 Å². The molecule has 0 bridgehead atoms. The molecule has 5 heteroatoms. The Bertz CT molecular complexity index is 285. The van der Waals surface area contributed by atoms with Crippen molar-refractivity contribution in [3.63, 3.8) is 0 Å². The predicted molar refractivity (Wildman–Crippen MR) is 62.1 cm³/mol. The minimum Gasteiger partial charge on any atom is -0.310 e. The van der Waals surface area contributed by atoms with Gasteiger partial charge >= 0.3 is 10.1 Å². The largest absolute Gasteiger partial charge is 0.316 e. The number of hydrogen-bond donors (Lipinski definition) is 1. The van der Waals surface area contributed by atoms with Crippen LogP contribution in [0.1, 0.15) is 34.1 Å². The molecule has 0 aliphatic carbocycles. The SMILES string of the molecule is CC(C)CC[N+](C)(CS(=O)(=O)O)C(C)C. The topological polar surface area (TPSA) is 54.4 Å². The molecule has 1 unspecified atom stereocenters. The molecule has 0 saturated heterocycles. The van der Waals surface area contributed by atoms with Gasteiger partial charge in [0.2, 0.25) is 5.88 Å². The second-order valence-corrected chi connectivity index (χ2v) is 6.61. The number of nitrogens with zero attached hydrogens (tertiary/aromatic N) is 1. The van der Waals surface area contributed by atoms with Crippen molar-refractivity contribution in [3.8, 4) is 0 Å². The Kier molecular flexibility index (Phi) is 5.23. The normalized spacial score (nSPS) is 17.1. The number of quaternary nitrogens is 1. The average molecular weight is 238 g/mol. The number of rotatable bonds is 6. The first-order valence-corrected chi connectivity index (χ1v) is 6.97. The van der Waals surface area contributed by atoms with Gasteiger partial charge < -0.3 is 4.48 Å². The number of hydrogen-bond acceptors (Lipinski definition) is 2. The van der Waals surface area contributed by atoms with E-state index in [9.17, 15) is 8.42 Å². The van der Waals surface area contributed by atoms with Crippen molar-refractivity contribution in [1.29, 1.82) is 0 Å². The highest BCUT2D eigenvalue weighted by atomic mass is 32.2. The van der Waals surface area contributed by atoms with Crippen LogP contribution in [0.15, 0.2) is 0 Å². The lowest BCUT2D eigenvalue weighted by Crippen LogP contribution is -2.53. The third kappa shape index (κ3) is 6.12. The molecular weight excluding hydrogens is 214 g/mol. The highest BCUT2D eigenvalue weighted by Crippen LogP contribution is 2.15. The lowest BCUT2D eigenvalue weighted by molar-refractivity contribution is -0.919. The molecule has 0 amide bonds. The summed E-state index contributed by atoms with van der Waals surface area (Å²) in [5.74, 6) is 0.347. The van der Waals surface area contributed by atoms with Gasteiger partial charge in [0.1, 0.15) is 0 Å². The minimum absolute atomic E-state index is 0.186. The van der Waals surface area contributed by atoms with E-state index in [2.05, 4.69) is 13.8 Å². The van der Waals surface area contributed by atoms with Gasteiger partial charge in [0.15, 0.2) is 0 Å². The van der Waals surface area contributed by atoms with Crippen LogP contribution in [0.3, 0.4) is 0 Å². The molecule has 0 aromatic rings. The van der Waals surface area contributed by atoms with Gasteiger partial charge in [0, 0.05) is 0 Å². The van der Waals surface area contributed by atoms with Crippen molar-refractivity contribution in [2.24, 2.45) is 5.92 Å². The molecule has 4 nitrogen and oxygen atoms in total. The summed E-state index contributed by atoms with van der Waals surface area (Å²) >= 11 is 0. The predicted octanol–water partition coefficient (Wildman–Crippen LogP) is 1.73. The first kappa shape index (κ1) is 14.9. The first-order chi connectivity index (χ1) is 6.57. The monoisotopic (exact) mass is 238 g/mol. The van der Waals surface area contributed by atoms with Crippen molar-refractivity contribution < 1.29 is 17.5 Å². The second kappa shape index (κ2) is 5.27. The van der Waals surface area contributed by atoms with Crippen molar-refractivity contribution in [2.45, 2.75) is 40.2 Å². The molecule has 0 saturated carbocycles. The van der Waals surface area contributed by atoms with Gasteiger partial charge in [-0.3, -0.25) is 4.55 Å². The maximum Gasteiger partial charge on any atom is 0.316 e. The molecule has 15 heavy (non-hydrogen) atoms. The standard InChI is InChI=1S/C10H23NO3S/c1-9(2)6-7-11(5,10(3)4)8-15(12,13)14/h9-10H,6-8H2,1-5H3/p+1. The molecule has 0 rings (SSSR count). The van der Waals surface area contributed by atoms with Crippen LogP contribution in [0.2, 0.25) is 0 Å². The van der Waals surface area contributed by atoms with Gasteiger partial charge in [0.05, 0.1) is 19.6 Å². The summed E-state index contributed by atoms with van der Waals surface area (Å²) in [6.45, 7) is 8.95. The summed E-state index contributed by atoms with van der Waals surface area (Å²) in [7, 11) is -2.03. The molecule has 0 heterocycles. The van der Waals surface area contributed by atoms with E-state index < -0.39 is 10.1 Å². The molecule has 1 N–H and O–H groups in total. The Morgan fingerprint density at radius 2 is 1.67 bits per heavy atom. The minimum atomic E-state index is -3.90. The molecule has 0 radical (unpaired) electrons. The van der Waals surface area contributed by atoms with E-state index in [1.807, 2.05) is 20.9 Å². The smallest absolute Gasteiger partial charge is 0.310 e. The van der Waals surface area contributed by atoms with Gasteiger partial charge in [-0.05, 0) is 26.2 Å². The first-order valence-electron chi connectivity index (χ1n) is 5.36. The van der Waals surface area contributed by atoms with Crippen LogP contribution >= 0.6 is 0 Å². The van der Waals surface area contributed by atoms with Crippen LogP contribution in [0.25, 0.3) is 0 Å². The Morgan fingerprint density at radius 3 is 1.93 bits per heavy atom. The highest BCUT2D eigenvalue weighted by Gasteiger charge is 2.31. The van der Waals surface area contributed by atoms with Crippen LogP contribution in [-0.4, -0.2) is 43.0 Å². The van der Waals surface area contributed by atoms with Crippen molar-refractivity contribution >= 4 is 10.1 Å². The van der Waals surface area contributed by atoms with Gasteiger partial charge in [-0.2, -0.15) is 8.42 Å². The Labute approximate surface area is 93.6 Å². The zero-order chi connectivity index (χ0) is 12.3. The zero-order valence-corrected chi connectivity index (χ0v) is 11.2. The summed E-state index contributed by atoms with van der Waals surface area (Å²) < 4.78 is 31.2. The lowest BCUT2D eigenvalue weighted by Gasteiger charge is -2.37. The molecule has 0 aliphatic heterocycles. The third-order valence-electron chi connectivity index (χ3n) is 2.92. The summed E-state index contributed by atoms with van der Waals surface area (Å²) in [4.78, 5) is 0. The van der Waals surface area contributed by atoms with Crippen LogP contribution in [0.4, 0.5) is 0 Å². The Morgan fingerprint density at radius 1 is 1.20 bits per heavy atom. The van der Waals surface area contributed by atoms with Crippen LogP contribution in [0.5, 0.6) is 0 Å². The van der Waals surface area contributed by atoms with E-state index >= 15 is 0 Å². The Hall–Kier alpha value is -0.130. The summed E-state index contributed by atoms with van der Waals surface area (Å²) in [5.41, 5.74) is 0. The summed E-state index contributed by atoms with van der Waals surface area (Å²) in [6.07, 6.45) is 0.962. The molecule has 0 aromatic carbocycles. The fraction of sp³-hybridized carbons (Fsp3) is 1.00. The average Bonchev–Trinajstić information content (AvgIpc) is 1.97. The quantitative estimate of drug-likeness (QED) is 0.566. The van der Waals surface area contributed by atoms with Crippen LogP contribution in [-0.2, 0) is 10.1 Å². The van der Waals surface area contributed by atoms with Gasteiger partial charge in [0.25, 0.3) is 0 Å². The fourth-order valence-electron chi connectivity index (χ4n) is 1.40. The van der Waals surface area contributed by atoms with Crippen molar-refractivity contribution in [1.82, 2.24) is 0 Å². The van der Waals surface area contributed by atoms with Gasteiger partial charge in [-0.15, -0.1) is 0 Å². The third-order valence-corrected chi connectivity index (χ3v) is 3.84. The molecular formula is C10H24NO3S+. The lowest BCUT2D eigenvalue weighted by atomic mass is 10.1. The molecule has 0 aliphatic rings. The summed E-state index contributed by atoms with van der Waals surface area (Å²) in [6, 6.07) is 0.186. The van der Waals surface area contributed by atoms with E-state index in [0.29, 0.717) is 10.4 Å². The molecule has 0 fully saturated rings. The van der Waals surface area contributed by atoms with Gasteiger partial charge in [-0.25, -0.2) is 0 Å². The van der Waals surface area contributed by atoms with Gasteiger partial charge in [-0.1, -0.05) is 13.8 Å². The molecule has 1 atom stereocenters. The van der Waals surface area contributed by atoms with E-state index in [-0.39, 0.29) is 11.9 Å². The van der Waals surface area contributed by atoms with Crippen molar-refractivity contribution in [3.05, 3.63) is 0 Å². The van der Waals surface area contributed by atoms with Crippen LogP contribution < -0.4 is 0 Å². The second-order valence-electron chi connectivity index (χ2n) is 5.19. The van der Waals surface area contributed by atoms with E-state index in [1.165, 1.54) is 0 Å². The fourth-order valence-corrected chi connectivity index (χ4v) is 2.57. The maximum absolute atomic E-state index is 10.9. The molecule has 0 spiro atoms. The van der Waals surface area contributed by atoms with E-state index in [4.69, 9.17) is 4.55 Å². The van der Waals surface area contributed by atoms with E-state index in [0.717, 1.165) is 13.0 Å². The van der Waals surface area contributed by atoms with Crippen molar-refractivity contribution in [2.75, 3.05) is 19.5 Å².